The van der Waals surface area contributed by atoms with Gasteiger partial charge in [0.25, 0.3) is 0 Å². The van der Waals surface area contributed by atoms with Gasteiger partial charge in [-0.2, -0.15) is 9.97 Å². The van der Waals surface area contributed by atoms with Gasteiger partial charge in [-0.25, -0.2) is 4.39 Å². The molecule has 2 aromatic carbocycles. The first-order valence-corrected chi connectivity index (χ1v) is 13.3. The van der Waals surface area contributed by atoms with E-state index in [1.165, 1.54) is 0 Å². The van der Waals surface area contributed by atoms with Gasteiger partial charge in [0.05, 0.1) is 5.39 Å². The van der Waals surface area contributed by atoms with Gasteiger partial charge in [-0.05, 0) is 37.8 Å². The fraction of sp³-hybridized carbons (Fsp3) is 0.393. The molecule has 3 fully saturated rings. The Morgan fingerprint density at radius 1 is 1.03 bits per heavy atom. The highest BCUT2D eigenvalue weighted by Gasteiger charge is 2.34. The molecule has 0 radical (unpaired) electrons. The number of rotatable bonds is 4. The smallest absolute Gasteiger partial charge is 0.319 e. The van der Waals surface area contributed by atoms with Gasteiger partial charge in [-0.3, -0.25) is 4.98 Å². The molecule has 7 rings (SSSR count). The first kappa shape index (κ1) is 23.1. The molecule has 9 heteroatoms. The highest BCUT2D eigenvalue weighted by atomic mass is 35.5. The minimum atomic E-state index is -0.486. The number of nitrogens with one attached hydrogen (secondary N) is 1. The van der Waals surface area contributed by atoms with E-state index in [-0.39, 0.29) is 23.3 Å². The third-order valence-electron chi connectivity index (χ3n) is 7.89. The van der Waals surface area contributed by atoms with Crippen molar-refractivity contribution in [3.8, 4) is 17.3 Å². The SMILES string of the molecule is CN1CC[C@@H](Oc2nc(N3C[C@H]4CC[C@@H](C3)N4)c3cnc(-c4cccc5cccc(Cl)c45)c(F)c3n2)C1. The number of pyridine rings is 1. The summed E-state index contributed by atoms with van der Waals surface area (Å²) in [5, 5.41) is 6.52. The number of nitrogens with zero attached hydrogens (tertiary/aromatic N) is 5. The number of likely N-dealkylation sites (tertiary alicyclic amines) is 1. The summed E-state index contributed by atoms with van der Waals surface area (Å²) in [5.41, 5.74) is 1.09. The number of hydrogen-bond acceptors (Lipinski definition) is 7. The minimum Gasteiger partial charge on any atom is -0.459 e. The third-order valence-corrected chi connectivity index (χ3v) is 8.20. The molecule has 0 unspecified atom stereocenters. The molecular weight excluding hydrogens is 491 g/mol. The fourth-order valence-corrected chi connectivity index (χ4v) is 6.39. The van der Waals surface area contributed by atoms with Crippen LogP contribution in [0.25, 0.3) is 32.9 Å². The van der Waals surface area contributed by atoms with Crippen LogP contribution in [0.2, 0.25) is 5.02 Å². The molecule has 3 aliphatic heterocycles. The van der Waals surface area contributed by atoms with Crippen LogP contribution in [-0.4, -0.2) is 71.3 Å². The van der Waals surface area contributed by atoms with E-state index in [0.29, 0.717) is 33.9 Å². The number of benzene rings is 2. The van der Waals surface area contributed by atoms with Crippen molar-refractivity contribution in [2.75, 3.05) is 38.1 Å². The Balaban J connectivity index is 1.39. The van der Waals surface area contributed by atoms with Crippen LogP contribution in [0.4, 0.5) is 10.2 Å². The maximum atomic E-state index is 16.4. The zero-order chi connectivity index (χ0) is 25.1. The Labute approximate surface area is 219 Å². The molecule has 3 saturated heterocycles. The van der Waals surface area contributed by atoms with Crippen LogP contribution in [0, 0.1) is 5.82 Å². The van der Waals surface area contributed by atoms with E-state index in [0.717, 1.165) is 56.2 Å². The first-order valence-electron chi connectivity index (χ1n) is 12.9. The van der Waals surface area contributed by atoms with Crippen LogP contribution in [0.15, 0.2) is 42.6 Å². The summed E-state index contributed by atoms with van der Waals surface area (Å²) in [4.78, 5) is 18.5. The lowest BCUT2D eigenvalue weighted by molar-refractivity contribution is 0.192. The second-order valence-corrected chi connectivity index (χ2v) is 10.9. The summed E-state index contributed by atoms with van der Waals surface area (Å²) in [6.45, 7) is 3.39. The lowest BCUT2D eigenvalue weighted by Gasteiger charge is -2.34. The van der Waals surface area contributed by atoms with Crippen molar-refractivity contribution in [1.29, 1.82) is 0 Å². The largest absolute Gasteiger partial charge is 0.459 e. The molecule has 3 atom stereocenters. The van der Waals surface area contributed by atoms with E-state index in [2.05, 4.69) is 32.1 Å². The second-order valence-electron chi connectivity index (χ2n) is 10.5. The summed E-state index contributed by atoms with van der Waals surface area (Å²) in [6.07, 6.45) is 4.86. The molecule has 4 aromatic rings. The van der Waals surface area contributed by atoms with Gasteiger partial charge in [-0.1, -0.05) is 41.9 Å². The van der Waals surface area contributed by atoms with E-state index in [4.69, 9.17) is 21.3 Å². The topological polar surface area (TPSA) is 66.4 Å². The van der Waals surface area contributed by atoms with Gasteiger partial charge < -0.3 is 19.9 Å². The predicted octanol–water partition coefficient (Wildman–Crippen LogP) is 4.66. The van der Waals surface area contributed by atoms with Crippen LogP contribution < -0.4 is 15.0 Å². The van der Waals surface area contributed by atoms with Gasteiger partial charge in [0, 0.05) is 60.4 Å². The average molecular weight is 519 g/mol. The van der Waals surface area contributed by atoms with E-state index in [1.807, 2.05) is 36.4 Å². The molecule has 0 aliphatic carbocycles. The summed E-state index contributed by atoms with van der Waals surface area (Å²) in [6, 6.07) is 12.4. The number of anilines is 1. The Bertz CT molecular complexity index is 1500. The van der Waals surface area contributed by atoms with Crippen molar-refractivity contribution in [1.82, 2.24) is 25.2 Å². The number of fused-ring (bicyclic) bond motifs is 4. The lowest BCUT2D eigenvalue weighted by Crippen LogP contribution is -2.51. The highest BCUT2D eigenvalue weighted by Crippen LogP contribution is 2.38. The van der Waals surface area contributed by atoms with E-state index in [1.54, 1.807) is 6.20 Å². The molecule has 0 spiro atoms. The van der Waals surface area contributed by atoms with E-state index >= 15 is 4.39 Å². The molecule has 1 N–H and O–H groups in total. The summed E-state index contributed by atoms with van der Waals surface area (Å²) in [7, 11) is 2.07. The predicted molar refractivity (Wildman–Crippen MR) is 144 cm³/mol. The average Bonchev–Trinajstić information content (AvgIpc) is 3.47. The highest BCUT2D eigenvalue weighted by molar-refractivity contribution is 6.36. The first-order chi connectivity index (χ1) is 18.0. The van der Waals surface area contributed by atoms with Crippen molar-refractivity contribution >= 4 is 39.1 Å². The Hall–Kier alpha value is -3.07. The third kappa shape index (κ3) is 4.07. The van der Waals surface area contributed by atoms with Gasteiger partial charge in [0.2, 0.25) is 0 Å². The molecule has 2 bridgehead atoms. The van der Waals surface area contributed by atoms with Crippen LogP contribution in [0.5, 0.6) is 6.01 Å². The lowest BCUT2D eigenvalue weighted by atomic mass is 10.0. The molecule has 5 heterocycles. The van der Waals surface area contributed by atoms with E-state index in [9.17, 15) is 0 Å². The van der Waals surface area contributed by atoms with Crippen LogP contribution >= 0.6 is 11.6 Å². The van der Waals surface area contributed by atoms with Crippen molar-refractivity contribution in [2.45, 2.75) is 37.5 Å². The Morgan fingerprint density at radius 3 is 2.57 bits per heavy atom. The number of piperazine rings is 1. The van der Waals surface area contributed by atoms with Crippen LogP contribution in [0.1, 0.15) is 19.3 Å². The number of hydrogen-bond donors (Lipinski definition) is 1. The van der Waals surface area contributed by atoms with Gasteiger partial charge in [-0.15, -0.1) is 0 Å². The molecule has 2 aromatic heterocycles. The summed E-state index contributed by atoms with van der Waals surface area (Å²) >= 11 is 6.56. The van der Waals surface area contributed by atoms with Gasteiger partial charge >= 0.3 is 6.01 Å². The minimum absolute atomic E-state index is 0.0178. The Morgan fingerprint density at radius 2 is 1.81 bits per heavy atom. The second kappa shape index (κ2) is 9.04. The molecule has 0 saturated carbocycles. The zero-order valence-corrected chi connectivity index (χ0v) is 21.4. The van der Waals surface area contributed by atoms with Crippen molar-refractivity contribution in [3.63, 3.8) is 0 Å². The molecule has 0 amide bonds. The van der Waals surface area contributed by atoms with Crippen molar-refractivity contribution in [3.05, 3.63) is 53.4 Å². The molecular formula is C28H28ClFN6O. The van der Waals surface area contributed by atoms with Gasteiger partial charge in [0.15, 0.2) is 5.82 Å². The monoisotopic (exact) mass is 518 g/mol. The van der Waals surface area contributed by atoms with E-state index < -0.39 is 5.82 Å². The van der Waals surface area contributed by atoms with Crippen molar-refractivity contribution < 1.29 is 9.13 Å². The van der Waals surface area contributed by atoms with Gasteiger partial charge in [0.1, 0.15) is 23.1 Å². The van der Waals surface area contributed by atoms with Crippen molar-refractivity contribution in [2.24, 2.45) is 0 Å². The molecule has 37 heavy (non-hydrogen) atoms. The number of likely N-dealkylation sites (N-methyl/N-ethyl adjacent to an activating group) is 1. The molecule has 190 valence electrons. The van der Waals surface area contributed by atoms with Crippen LogP contribution in [-0.2, 0) is 0 Å². The number of aromatic nitrogens is 3. The number of halogens is 2. The summed E-state index contributed by atoms with van der Waals surface area (Å²) in [5.74, 6) is 0.207. The van der Waals surface area contributed by atoms with Crippen LogP contribution in [0.3, 0.4) is 0 Å². The summed E-state index contributed by atoms with van der Waals surface area (Å²) < 4.78 is 22.6. The molecule has 7 nitrogen and oxygen atoms in total. The Kier molecular flexibility index (Phi) is 5.64. The normalized spacial score (nSPS) is 23.9. The zero-order valence-electron chi connectivity index (χ0n) is 20.6. The molecule has 3 aliphatic rings. The quantitative estimate of drug-likeness (QED) is 0.421. The standard InChI is InChI=1S/C28H28ClFN6O/c1-35-11-10-19(15-35)37-28-33-26-21(27(34-28)36-13-17-8-9-18(14-36)32-17)12-31-25(24(26)30)20-6-2-4-16-5-3-7-22(29)23(16)20/h2-7,12,17-19,32H,8-11,13-15H2,1H3/t17-,18+,19-/m1/s1. The maximum Gasteiger partial charge on any atom is 0.319 e. The number of ether oxygens (including phenoxy) is 1. The maximum absolute atomic E-state index is 16.4. The fourth-order valence-electron chi connectivity index (χ4n) is 6.11.